The van der Waals surface area contributed by atoms with Gasteiger partial charge in [0, 0.05) is 31.1 Å². The molecule has 2 aromatic carbocycles. The maximum atomic E-state index is 12.5. The Balaban J connectivity index is 1.83. The number of carbonyl (C=O) groups is 4. The van der Waals surface area contributed by atoms with Crippen LogP contribution in [0.25, 0.3) is 0 Å². The first-order valence-electron chi connectivity index (χ1n) is 8.19. The first kappa shape index (κ1) is 18.6. The molecule has 0 aliphatic carbocycles. The summed E-state index contributed by atoms with van der Waals surface area (Å²) in [4.78, 5) is 49.2. The Kier molecular flexibility index (Phi) is 5.23. The fourth-order valence-corrected chi connectivity index (χ4v) is 2.97. The average molecular weight is 386 g/mol. The number of anilines is 2. The van der Waals surface area contributed by atoms with Crippen LogP contribution in [0.3, 0.4) is 0 Å². The number of nitrogens with one attached hydrogen (secondary N) is 2. The van der Waals surface area contributed by atoms with Crippen LogP contribution in [0.1, 0.15) is 33.6 Å². The van der Waals surface area contributed by atoms with Crippen LogP contribution in [0.15, 0.2) is 42.5 Å². The van der Waals surface area contributed by atoms with Gasteiger partial charge >= 0.3 is 0 Å². The van der Waals surface area contributed by atoms with E-state index in [2.05, 4.69) is 10.6 Å². The summed E-state index contributed by atoms with van der Waals surface area (Å²) in [5.74, 6) is -1.39. The largest absolute Gasteiger partial charge is 0.355 e. The molecular formula is C19H16ClN3O4. The van der Waals surface area contributed by atoms with Gasteiger partial charge in [-0.15, -0.1) is 0 Å². The molecule has 0 unspecified atom stereocenters. The number of halogens is 1. The van der Waals surface area contributed by atoms with E-state index < -0.39 is 5.91 Å². The number of hydrogen-bond acceptors (Lipinski definition) is 4. The zero-order valence-electron chi connectivity index (χ0n) is 14.4. The van der Waals surface area contributed by atoms with E-state index in [1.807, 2.05) is 0 Å². The molecule has 1 aliphatic heterocycles. The molecule has 0 spiro atoms. The van der Waals surface area contributed by atoms with Gasteiger partial charge in [0.15, 0.2) is 0 Å². The quantitative estimate of drug-likeness (QED) is 0.791. The zero-order valence-corrected chi connectivity index (χ0v) is 15.2. The lowest BCUT2D eigenvalue weighted by Crippen LogP contribution is -2.28. The van der Waals surface area contributed by atoms with E-state index >= 15 is 0 Å². The van der Waals surface area contributed by atoms with Crippen LogP contribution in [0.4, 0.5) is 11.4 Å². The highest BCUT2D eigenvalue weighted by atomic mass is 35.5. The van der Waals surface area contributed by atoms with Gasteiger partial charge in [0.2, 0.25) is 11.8 Å². The Morgan fingerprint density at radius 3 is 2.37 bits per heavy atom. The SMILES string of the molecule is CNC(=O)c1cc(NC(=O)c2cccc(N3C(=O)CCC3=O)c2)ccc1Cl. The van der Waals surface area contributed by atoms with E-state index in [-0.39, 0.29) is 46.7 Å². The van der Waals surface area contributed by atoms with Crippen LogP contribution in [-0.2, 0) is 9.59 Å². The molecule has 138 valence electrons. The third-order valence-corrected chi connectivity index (χ3v) is 4.44. The van der Waals surface area contributed by atoms with Crippen molar-refractivity contribution in [2.75, 3.05) is 17.3 Å². The molecule has 27 heavy (non-hydrogen) atoms. The second-order valence-corrected chi connectivity index (χ2v) is 6.31. The van der Waals surface area contributed by atoms with Crippen molar-refractivity contribution in [1.29, 1.82) is 0 Å². The molecule has 0 aromatic heterocycles. The molecule has 0 saturated carbocycles. The molecular weight excluding hydrogens is 370 g/mol. The average Bonchev–Trinajstić information content (AvgIpc) is 3.01. The molecule has 2 N–H and O–H groups in total. The summed E-state index contributed by atoms with van der Waals surface area (Å²) in [6.07, 6.45) is 0.338. The summed E-state index contributed by atoms with van der Waals surface area (Å²) in [5, 5.41) is 5.42. The summed E-state index contributed by atoms with van der Waals surface area (Å²) in [6.45, 7) is 0. The molecule has 0 atom stereocenters. The molecule has 0 bridgehead atoms. The lowest BCUT2D eigenvalue weighted by Gasteiger charge is -2.15. The smallest absolute Gasteiger partial charge is 0.255 e. The van der Waals surface area contributed by atoms with Crippen LogP contribution in [0, 0.1) is 0 Å². The van der Waals surface area contributed by atoms with Gasteiger partial charge in [-0.05, 0) is 36.4 Å². The normalized spacial score (nSPS) is 13.6. The number of carbonyl (C=O) groups excluding carboxylic acids is 4. The number of benzene rings is 2. The van der Waals surface area contributed by atoms with Gasteiger partial charge in [-0.25, -0.2) is 0 Å². The molecule has 4 amide bonds. The van der Waals surface area contributed by atoms with E-state index in [0.29, 0.717) is 11.4 Å². The van der Waals surface area contributed by atoms with Crippen LogP contribution in [0.2, 0.25) is 5.02 Å². The van der Waals surface area contributed by atoms with E-state index in [4.69, 9.17) is 11.6 Å². The van der Waals surface area contributed by atoms with Crippen molar-refractivity contribution >= 4 is 46.6 Å². The van der Waals surface area contributed by atoms with Gasteiger partial charge in [0.05, 0.1) is 16.3 Å². The van der Waals surface area contributed by atoms with Crippen LogP contribution in [-0.4, -0.2) is 30.7 Å². The number of imide groups is 1. The van der Waals surface area contributed by atoms with Crippen molar-refractivity contribution in [2.24, 2.45) is 0 Å². The van der Waals surface area contributed by atoms with E-state index in [0.717, 1.165) is 4.90 Å². The standard InChI is InChI=1S/C19H16ClN3O4/c1-21-19(27)14-10-12(5-6-15(14)20)22-18(26)11-3-2-4-13(9-11)23-16(24)7-8-17(23)25/h2-6,9-10H,7-8H2,1H3,(H,21,27)(H,22,26). The summed E-state index contributed by atoms with van der Waals surface area (Å²) in [7, 11) is 1.48. The predicted molar refractivity (Wildman–Crippen MR) is 101 cm³/mol. The Morgan fingerprint density at radius 2 is 1.70 bits per heavy atom. The first-order valence-corrected chi connectivity index (χ1v) is 8.57. The number of hydrogen-bond donors (Lipinski definition) is 2. The zero-order chi connectivity index (χ0) is 19.6. The number of rotatable bonds is 4. The molecule has 0 radical (unpaired) electrons. The second kappa shape index (κ2) is 7.59. The minimum Gasteiger partial charge on any atom is -0.355 e. The third-order valence-electron chi connectivity index (χ3n) is 4.11. The van der Waals surface area contributed by atoms with Crippen molar-refractivity contribution in [3.05, 3.63) is 58.6 Å². The molecule has 1 saturated heterocycles. The van der Waals surface area contributed by atoms with Crippen molar-refractivity contribution in [3.8, 4) is 0 Å². The Bertz CT molecular complexity index is 942. The first-order chi connectivity index (χ1) is 12.9. The molecule has 1 aliphatic rings. The molecule has 1 fully saturated rings. The van der Waals surface area contributed by atoms with Crippen molar-refractivity contribution in [1.82, 2.24) is 5.32 Å². The summed E-state index contributed by atoms with van der Waals surface area (Å²) in [6, 6.07) is 10.8. The van der Waals surface area contributed by atoms with Gasteiger partial charge in [-0.2, -0.15) is 0 Å². The van der Waals surface area contributed by atoms with E-state index in [9.17, 15) is 19.2 Å². The molecule has 2 aromatic rings. The van der Waals surface area contributed by atoms with Crippen LogP contribution >= 0.6 is 11.6 Å². The monoisotopic (exact) mass is 385 g/mol. The Labute approximate surface area is 160 Å². The Hall–Kier alpha value is -3.19. The predicted octanol–water partition coefficient (Wildman–Crippen LogP) is 2.61. The van der Waals surface area contributed by atoms with Gasteiger partial charge < -0.3 is 10.6 Å². The highest BCUT2D eigenvalue weighted by molar-refractivity contribution is 6.34. The fraction of sp³-hybridized carbons (Fsp3) is 0.158. The van der Waals surface area contributed by atoms with E-state index in [1.165, 1.54) is 25.2 Å². The molecule has 1 heterocycles. The van der Waals surface area contributed by atoms with E-state index in [1.54, 1.807) is 24.3 Å². The highest BCUT2D eigenvalue weighted by Crippen LogP contribution is 2.25. The summed E-state index contributed by atoms with van der Waals surface area (Å²) < 4.78 is 0. The summed E-state index contributed by atoms with van der Waals surface area (Å²) in [5.41, 5.74) is 1.26. The van der Waals surface area contributed by atoms with Crippen molar-refractivity contribution in [3.63, 3.8) is 0 Å². The van der Waals surface area contributed by atoms with Crippen LogP contribution < -0.4 is 15.5 Å². The van der Waals surface area contributed by atoms with Crippen LogP contribution in [0.5, 0.6) is 0 Å². The third kappa shape index (κ3) is 3.83. The number of amides is 4. The minimum atomic E-state index is -0.443. The van der Waals surface area contributed by atoms with Crippen molar-refractivity contribution < 1.29 is 19.2 Å². The van der Waals surface area contributed by atoms with Gasteiger partial charge in [0.25, 0.3) is 11.8 Å². The Morgan fingerprint density at radius 1 is 1.00 bits per heavy atom. The van der Waals surface area contributed by atoms with Gasteiger partial charge in [-0.3, -0.25) is 24.1 Å². The minimum absolute atomic E-state index is 0.169. The topological polar surface area (TPSA) is 95.6 Å². The highest BCUT2D eigenvalue weighted by Gasteiger charge is 2.30. The molecule has 3 rings (SSSR count). The van der Waals surface area contributed by atoms with Gasteiger partial charge in [0.1, 0.15) is 0 Å². The second-order valence-electron chi connectivity index (χ2n) is 5.90. The molecule has 8 heteroatoms. The lowest BCUT2D eigenvalue weighted by atomic mass is 10.1. The fourth-order valence-electron chi connectivity index (χ4n) is 2.77. The lowest BCUT2D eigenvalue weighted by molar-refractivity contribution is -0.121. The van der Waals surface area contributed by atoms with Crippen molar-refractivity contribution in [2.45, 2.75) is 12.8 Å². The number of nitrogens with zero attached hydrogens (tertiary/aromatic N) is 1. The summed E-state index contributed by atoms with van der Waals surface area (Å²) >= 11 is 6.00. The maximum Gasteiger partial charge on any atom is 0.255 e. The molecule has 7 nitrogen and oxygen atoms in total. The maximum absolute atomic E-state index is 12.5. The van der Waals surface area contributed by atoms with Gasteiger partial charge in [-0.1, -0.05) is 17.7 Å².